The normalized spacial score (nSPS) is 10.1. The SMILES string of the molecule is CCOCCOc1ccc(OB(O)O)cc1Cl. The largest absolute Gasteiger partial charge is 0.707 e. The second kappa shape index (κ2) is 7.39. The van der Waals surface area contributed by atoms with E-state index in [0.29, 0.717) is 30.6 Å². The van der Waals surface area contributed by atoms with E-state index < -0.39 is 7.32 Å². The van der Waals surface area contributed by atoms with Crippen LogP contribution in [0.15, 0.2) is 18.2 Å². The highest BCUT2D eigenvalue weighted by molar-refractivity contribution is 6.34. The molecule has 1 aromatic carbocycles. The van der Waals surface area contributed by atoms with Crippen LogP contribution in [0.3, 0.4) is 0 Å². The third-order valence-corrected chi connectivity index (χ3v) is 2.13. The molecule has 5 nitrogen and oxygen atoms in total. The van der Waals surface area contributed by atoms with Crippen LogP contribution in [0.5, 0.6) is 11.5 Å². The van der Waals surface area contributed by atoms with Crippen molar-refractivity contribution in [3.8, 4) is 11.5 Å². The van der Waals surface area contributed by atoms with Gasteiger partial charge in [-0.25, -0.2) is 0 Å². The Morgan fingerprint density at radius 2 is 2.06 bits per heavy atom. The first-order chi connectivity index (χ1) is 8.13. The third-order valence-electron chi connectivity index (χ3n) is 1.83. The van der Waals surface area contributed by atoms with Gasteiger partial charge in [-0.3, -0.25) is 0 Å². The van der Waals surface area contributed by atoms with Crippen molar-refractivity contribution in [1.29, 1.82) is 0 Å². The molecular formula is C10H14BClO5. The number of ether oxygens (including phenoxy) is 2. The molecule has 1 aromatic rings. The van der Waals surface area contributed by atoms with Gasteiger partial charge in [0, 0.05) is 12.7 Å². The molecule has 0 heterocycles. The minimum Gasteiger partial charge on any atom is -0.512 e. The van der Waals surface area contributed by atoms with Crippen LogP contribution >= 0.6 is 11.6 Å². The second-order valence-electron chi connectivity index (χ2n) is 3.08. The van der Waals surface area contributed by atoms with Crippen LogP contribution in [0, 0.1) is 0 Å². The molecule has 0 aliphatic rings. The molecule has 1 rings (SSSR count). The summed E-state index contributed by atoms with van der Waals surface area (Å²) in [6.45, 7) is 3.42. The van der Waals surface area contributed by atoms with Crippen molar-refractivity contribution in [3.63, 3.8) is 0 Å². The molecule has 0 radical (unpaired) electrons. The minimum atomic E-state index is -1.87. The topological polar surface area (TPSA) is 68.2 Å². The Labute approximate surface area is 105 Å². The number of rotatable bonds is 7. The first kappa shape index (κ1) is 14.1. The smallest absolute Gasteiger partial charge is 0.512 e. The standard InChI is InChI=1S/C10H14BClO5/c1-2-15-5-6-16-10-4-3-8(7-9(10)12)17-11(13)14/h3-4,7,13-14H,2,5-6H2,1H3. The summed E-state index contributed by atoms with van der Waals surface area (Å²) in [5.41, 5.74) is 0. The van der Waals surface area contributed by atoms with Gasteiger partial charge in [-0.05, 0) is 19.1 Å². The summed E-state index contributed by atoms with van der Waals surface area (Å²) in [6, 6.07) is 4.56. The van der Waals surface area contributed by atoms with Crippen LogP contribution < -0.4 is 9.39 Å². The fraction of sp³-hybridized carbons (Fsp3) is 0.400. The van der Waals surface area contributed by atoms with Gasteiger partial charge in [0.15, 0.2) is 0 Å². The predicted octanol–water partition coefficient (Wildman–Crippen LogP) is 1.10. The monoisotopic (exact) mass is 260 g/mol. The van der Waals surface area contributed by atoms with Crippen molar-refractivity contribution in [2.24, 2.45) is 0 Å². The highest BCUT2D eigenvalue weighted by Gasteiger charge is 2.12. The Kier molecular flexibility index (Phi) is 6.14. The Balaban J connectivity index is 2.51. The van der Waals surface area contributed by atoms with Gasteiger partial charge in [0.25, 0.3) is 0 Å². The van der Waals surface area contributed by atoms with Crippen LogP contribution in [0.4, 0.5) is 0 Å². The van der Waals surface area contributed by atoms with Gasteiger partial charge < -0.3 is 24.2 Å². The van der Waals surface area contributed by atoms with E-state index in [1.807, 2.05) is 6.92 Å². The molecular weight excluding hydrogens is 246 g/mol. The Morgan fingerprint density at radius 3 is 2.65 bits per heavy atom. The van der Waals surface area contributed by atoms with Crippen molar-refractivity contribution in [2.45, 2.75) is 6.92 Å². The Bertz CT molecular complexity index is 347. The minimum absolute atomic E-state index is 0.252. The number of hydrogen-bond acceptors (Lipinski definition) is 5. The van der Waals surface area contributed by atoms with Gasteiger partial charge in [0.05, 0.1) is 11.6 Å². The summed E-state index contributed by atoms with van der Waals surface area (Å²) in [6.07, 6.45) is 0. The molecule has 2 N–H and O–H groups in total. The summed E-state index contributed by atoms with van der Waals surface area (Å²) in [7, 11) is -1.87. The van der Waals surface area contributed by atoms with Gasteiger partial charge in [-0.1, -0.05) is 11.6 Å². The molecule has 17 heavy (non-hydrogen) atoms. The fourth-order valence-electron chi connectivity index (χ4n) is 1.15. The maximum Gasteiger partial charge on any atom is 0.707 e. The lowest BCUT2D eigenvalue weighted by Gasteiger charge is -2.10. The molecule has 0 saturated carbocycles. The van der Waals surface area contributed by atoms with E-state index in [1.165, 1.54) is 12.1 Å². The lowest BCUT2D eigenvalue weighted by molar-refractivity contribution is 0.110. The zero-order valence-electron chi connectivity index (χ0n) is 9.43. The zero-order chi connectivity index (χ0) is 12.7. The molecule has 94 valence electrons. The molecule has 0 aromatic heterocycles. The van der Waals surface area contributed by atoms with Gasteiger partial charge in [-0.2, -0.15) is 0 Å². The van der Waals surface area contributed by atoms with Crippen molar-refractivity contribution in [3.05, 3.63) is 23.2 Å². The van der Waals surface area contributed by atoms with Gasteiger partial charge in [-0.15, -0.1) is 0 Å². The Morgan fingerprint density at radius 1 is 1.29 bits per heavy atom. The van der Waals surface area contributed by atoms with E-state index in [2.05, 4.69) is 4.65 Å². The van der Waals surface area contributed by atoms with Crippen LogP contribution in [0.1, 0.15) is 6.92 Å². The van der Waals surface area contributed by atoms with Crippen LogP contribution in [0.2, 0.25) is 5.02 Å². The quantitative estimate of drug-likeness (QED) is 0.568. The van der Waals surface area contributed by atoms with E-state index in [1.54, 1.807) is 6.07 Å². The molecule has 0 aliphatic heterocycles. The summed E-state index contributed by atoms with van der Waals surface area (Å²) in [5.74, 6) is 0.744. The lowest BCUT2D eigenvalue weighted by Crippen LogP contribution is -2.20. The van der Waals surface area contributed by atoms with E-state index >= 15 is 0 Å². The fourth-order valence-corrected chi connectivity index (χ4v) is 1.37. The summed E-state index contributed by atoms with van der Waals surface area (Å²) in [4.78, 5) is 0. The number of hydrogen-bond donors (Lipinski definition) is 2. The molecule has 0 bridgehead atoms. The number of benzene rings is 1. The average Bonchev–Trinajstić information content (AvgIpc) is 2.26. The van der Waals surface area contributed by atoms with E-state index in [0.717, 1.165) is 0 Å². The highest BCUT2D eigenvalue weighted by atomic mass is 35.5. The molecule has 0 atom stereocenters. The van der Waals surface area contributed by atoms with E-state index in [9.17, 15) is 0 Å². The summed E-state index contributed by atoms with van der Waals surface area (Å²) >= 11 is 5.92. The zero-order valence-corrected chi connectivity index (χ0v) is 10.2. The molecule has 7 heteroatoms. The maximum atomic E-state index is 8.61. The Hall–Kier alpha value is -0.945. The van der Waals surface area contributed by atoms with Crippen molar-refractivity contribution >= 4 is 18.9 Å². The first-order valence-electron chi connectivity index (χ1n) is 5.16. The van der Waals surface area contributed by atoms with Crippen LogP contribution in [-0.2, 0) is 4.74 Å². The first-order valence-corrected chi connectivity index (χ1v) is 5.54. The molecule has 0 unspecified atom stereocenters. The maximum absolute atomic E-state index is 8.61. The molecule has 0 saturated heterocycles. The van der Waals surface area contributed by atoms with E-state index in [4.69, 9.17) is 31.1 Å². The van der Waals surface area contributed by atoms with Gasteiger partial charge >= 0.3 is 7.32 Å². The summed E-state index contributed by atoms with van der Waals surface area (Å²) in [5, 5.41) is 17.6. The highest BCUT2D eigenvalue weighted by Crippen LogP contribution is 2.28. The molecule has 0 spiro atoms. The van der Waals surface area contributed by atoms with Crippen LogP contribution in [-0.4, -0.2) is 37.2 Å². The predicted molar refractivity (Wildman–Crippen MR) is 64.3 cm³/mol. The van der Waals surface area contributed by atoms with Crippen molar-refractivity contribution < 1.29 is 24.2 Å². The van der Waals surface area contributed by atoms with Crippen LogP contribution in [0.25, 0.3) is 0 Å². The van der Waals surface area contributed by atoms with Gasteiger partial charge in [0.1, 0.15) is 18.1 Å². The number of halogens is 1. The average molecular weight is 260 g/mol. The molecule has 0 aliphatic carbocycles. The third kappa shape index (κ3) is 5.27. The van der Waals surface area contributed by atoms with Crippen molar-refractivity contribution in [1.82, 2.24) is 0 Å². The summed E-state index contributed by atoms with van der Waals surface area (Å²) < 4.78 is 15.1. The van der Waals surface area contributed by atoms with E-state index in [-0.39, 0.29) is 5.75 Å². The molecule has 0 amide bonds. The van der Waals surface area contributed by atoms with Crippen molar-refractivity contribution in [2.75, 3.05) is 19.8 Å². The second-order valence-corrected chi connectivity index (χ2v) is 3.49. The lowest BCUT2D eigenvalue weighted by atomic mass is 10.2. The van der Waals surface area contributed by atoms with Gasteiger partial charge in [0.2, 0.25) is 0 Å². The molecule has 0 fully saturated rings.